The molecule has 9 N–H and O–H groups in total. The van der Waals surface area contributed by atoms with Gasteiger partial charge in [-0.25, -0.2) is 4.79 Å². The van der Waals surface area contributed by atoms with Crippen LogP contribution in [-0.2, 0) is 24.0 Å². The predicted molar refractivity (Wildman–Crippen MR) is 265 cm³/mol. The van der Waals surface area contributed by atoms with E-state index in [1.165, 1.54) is 161 Å². The minimum atomic E-state index is -0.833. The highest BCUT2D eigenvalue weighted by Crippen LogP contribution is 2.11. The van der Waals surface area contributed by atoms with Crippen molar-refractivity contribution in [3.63, 3.8) is 0 Å². The number of aliphatic carboxylic acids is 5. The summed E-state index contributed by atoms with van der Waals surface area (Å²) in [7, 11) is 0. The van der Waals surface area contributed by atoms with Crippen LogP contribution in [0.3, 0.4) is 0 Å². The standard InChI is InChI=1S/5C10H20O2.CH4N2O/c5*1-2-3-4-5-6-7-8-9-10(11)12;2-1(3)4/h5*2-9H2,1H3,(H,11,12);(H4,2,3,4). The fourth-order valence-electron chi connectivity index (χ4n) is 6.17. The molecule has 0 fully saturated rings. The Balaban J connectivity index is -0.000000161. The summed E-state index contributed by atoms with van der Waals surface area (Å²) < 4.78 is 0. The highest BCUT2D eigenvalue weighted by molar-refractivity contribution is 5.69. The number of amides is 2. The number of unbranched alkanes of at least 4 members (excludes halogenated alkanes) is 30. The minimum absolute atomic E-state index is 0.341. The summed E-state index contributed by atoms with van der Waals surface area (Å²) in [6.07, 6.45) is 43.2. The molecule has 0 heterocycles. The Kier molecular flexibility index (Phi) is 77.5. The molecule has 0 spiro atoms. The first-order chi connectivity index (χ1) is 30.6. The summed E-state index contributed by atoms with van der Waals surface area (Å²) in [4.78, 5) is 59.7. The predicted octanol–water partition coefficient (Wildman–Crippen LogP) is 15.1. The lowest BCUT2D eigenvalue weighted by Gasteiger charge is -1.98. The number of carbonyl (C=O) groups is 6. The van der Waals surface area contributed by atoms with E-state index in [9.17, 15) is 24.0 Å². The van der Waals surface area contributed by atoms with Gasteiger partial charge in [-0.1, -0.05) is 227 Å². The highest BCUT2D eigenvalue weighted by atomic mass is 16.4. The van der Waals surface area contributed by atoms with Gasteiger partial charge in [-0.15, -0.1) is 0 Å². The molecule has 13 nitrogen and oxygen atoms in total. The van der Waals surface area contributed by atoms with Crippen molar-refractivity contribution in [2.75, 3.05) is 0 Å². The van der Waals surface area contributed by atoms with Gasteiger partial charge in [-0.3, -0.25) is 24.0 Å². The van der Waals surface area contributed by atoms with E-state index < -0.39 is 35.9 Å². The Morgan fingerprint density at radius 1 is 0.234 bits per heavy atom. The molecule has 0 rings (SSSR count). The van der Waals surface area contributed by atoms with E-state index in [0.717, 1.165) is 64.2 Å². The molecule has 0 saturated carbocycles. The largest absolute Gasteiger partial charge is 0.481 e. The first-order valence-electron chi connectivity index (χ1n) is 25.7. The van der Waals surface area contributed by atoms with E-state index in [4.69, 9.17) is 30.3 Å². The van der Waals surface area contributed by atoms with Crippen LogP contribution in [0.1, 0.15) is 291 Å². The van der Waals surface area contributed by atoms with Crippen LogP contribution < -0.4 is 11.5 Å². The third kappa shape index (κ3) is 112. The van der Waals surface area contributed by atoms with Crippen molar-refractivity contribution in [1.29, 1.82) is 0 Å². The average Bonchev–Trinajstić information content (AvgIpc) is 3.22. The third-order valence-corrected chi connectivity index (χ3v) is 9.97. The summed E-state index contributed by atoms with van der Waals surface area (Å²) in [5.41, 5.74) is 8.50. The summed E-state index contributed by atoms with van der Waals surface area (Å²) in [5, 5.41) is 41.8. The lowest BCUT2D eigenvalue weighted by molar-refractivity contribution is -0.138. The molecule has 0 aliphatic heterocycles. The van der Waals surface area contributed by atoms with Gasteiger partial charge in [0.1, 0.15) is 0 Å². The zero-order valence-corrected chi connectivity index (χ0v) is 42.1. The van der Waals surface area contributed by atoms with Crippen molar-refractivity contribution >= 4 is 35.9 Å². The molecule has 0 bridgehead atoms. The van der Waals surface area contributed by atoms with Crippen molar-refractivity contribution in [3.8, 4) is 0 Å². The van der Waals surface area contributed by atoms with Crippen LogP contribution >= 0.6 is 0 Å². The molecule has 64 heavy (non-hydrogen) atoms. The van der Waals surface area contributed by atoms with Crippen molar-refractivity contribution in [3.05, 3.63) is 0 Å². The smallest absolute Gasteiger partial charge is 0.309 e. The van der Waals surface area contributed by atoms with Gasteiger partial charge in [0.25, 0.3) is 0 Å². The third-order valence-electron chi connectivity index (χ3n) is 9.97. The van der Waals surface area contributed by atoms with E-state index in [1.54, 1.807) is 0 Å². The van der Waals surface area contributed by atoms with Crippen LogP contribution in [0.25, 0.3) is 0 Å². The fourth-order valence-corrected chi connectivity index (χ4v) is 6.17. The zero-order chi connectivity index (χ0) is 49.7. The Bertz CT molecular complexity index is 814. The lowest BCUT2D eigenvalue weighted by Crippen LogP contribution is -2.18. The van der Waals surface area contributed by atoms with Gasteiger partial charge in [0.05, 0.1) is 0 Å². The zero-order valence-electron chi connectivity index (χ0n) is 42.1. The molecule has 0 unspecified atom stereocenters. The Morgan fingerprint density at radius 2 is 0.328 bits per heavy atom. The first kappa shape index (κ1) is 72.2. The first-order valence-corrected chi connectivity index (χ1v) is 25.7. The quantitative estimate of drug-likeness (QED) is 0.0284. The maximum Gasteiger partial charge on any atom is 0.309 e. The molecule has 13 heteroatoms. The number of nitrogens with two attached hydrogens (primary N) is 2. The van der Waals surface area contributed by atoms with Gasteiger partial charge < -0.3 is 37.0 Å². The number of hydrogen-bond acceptors (Lipinski definition) is 6. The molecule has 0 radical (unpaired) electrons. The minimum Gasteiger partial charge on any atom is -0.481 e. The van der Waals surface area contributed by atoms with E-state index in [0.29, 0.717) is 32.1 Å². The van der Waals surface area contributed by atoms with Crippen LogP contribution in [0, 0.1) is 0 Å². The average molecular weight is 921 g/mol. The van der Waals surface area contributed by atoms with Gasteiger partial charge in [0.2, 0.25) is 0 Å². The van der Waals surface area contributed by atoms with Crippen LogP contribution in [0.5, 0.6) is 0 Å². The molecule has 0 saturated heterocycles. The molecular formula is C51H104N2O11. The van der Waals surface area contributed by atoms with Crippen molar-refractivity contribution in [2.24, 2.45) is 11.5 Å². The molecule has 0 aromatic heterocycles. The van der Waals surface area contributed by atoms with Gasteiger partial charge in [0, 0.05) is 32.1 Å². The van der Waals surface area contributed by atoms with Gasteiger partial charge in [-0.05, 0) is 32.1 Å². The summed E-state index contributed by atoms with van der Waals surface area (Å²) in [6.45, 7) is 11.0. The molecule has 2 amide bonds. The molecular weight excluding hydrogens is 817 g/mol. The number of urea groups is 1. The van der Waals surface area contributed by atoms with Crippen LogP contribution in [0.4, 0.5) is 4.79 Å². The number of carboxylic acid groups (broad SMARTS) is 5. The summed E-state index contributed by atoms with van der Waals surface area (Å²) in [6, 6.07) is -0.833. The monoisotopic (exact) mass is 921 g/mol. The number of carbonyl (C=O) groups excluding carboxylic acids is 1. The highest BCUT2D eigenvalue weighted by Gasteiger charge is 1.99. The molecule has 0 aromatic rings. The summed E-state index contributed by atoms with van der Waals surface area (Å²) in [5.74, 6) is -3.32. The number of carboxylic acids is 5. The van der Waals surface area contributed by atoms with Gasteiger partial charge in [-0.2, -0.15) is 0 Å². The maximum atomic E-state index is 10.1. The van der Waals surface area contributed by atoms with Crippen LogP contribution in [-0.4, -0.2) is 61.4 Å². The van der Waals surface area contributed by atoms with E-state index in [-0.39, 0.29) is 0 Å². The summed E-state index contributed by atoms with van der Waals surface area (Å²) >= 11 is 0. The molecule has 0 aliphatic rings. The normalized spacial score (nSPS) is 9.83. The maximum absolute atomic E-state index is 10.1. The molecule has 0 aliphatic carbocycles. The van der Waals surface area contributed by atoms with E-state index in [1.807, 2.05) is 0 Å². The SMILES string of the molecule is CCCCCCCCCC(=O)O.CCCCCCCCCC(=O)O.CCCCCCCCCC(=O)O.CCCCCCCCCC(=O)O.CCCCCCCCCC(=O)O.NC(N)=O. The fraction of sp³-hybridized carbons (Fsp3) is 0.882. The van der Waals surface area contributed by atoms with Crippen LogP contribution in [0.2, 0.25) is 0 Å². The second kappa shape index (κ2) is 68.7. The Morgan fingerprint density at radius 3 is 0.422 bits per heavy atom. The molecule has 0 aromatic carbocycles. The molecule has 384 valence electrons. The van der Waals surface area contributed by atoms with Gasteiger partial charge in [0.15, 0.2) is 0 Å². The second-order valence-corrected chi connectivity index (χ2v) is 16.7. The van der Waals surface area contributed by atoms with Crippen molar-refractivity contribution < 1.29 is 54.3 Å². The van der Waals surface area contributed by atoms with Crippen molar-refractivity contribution in [2.45, 2.75) is 291 Å². The Hall–Kier alpha value is -3.38. The Labute approximate surface area is 392 Å². The molecule has 0 atom stereocenters. The topological polar surface area (TPSA) is 256 Å². The van der Waals surface area contributed by atoms with E-state index in [2.05, 4.69) is 46.1 Å². The lowest BCUT2D eigenvalue weighted by atomic mass is 10.1. The number of rotatable bonds is 40. The van der Waals surface area contributed by atoms with E-state index >= 15 is 0 Å². The van der Waals surface area contributed by atoms with Crippen molar-refractivity contribution in [1.82, 2.24) is 0 Å². The number of primary amides is 2. The second-order valence-electron chi connectivity index (χ2n) is 16.7. The van der Waals surface area contributed by atoms with Gasteiger partial charge >= 0.3 is 35.9 Å². The van der Waals surface area contributed by atoms with Crippen LogP contribution in [0.15, 0.2) is 0 Å². The number of hydrogen-bond donors (Lipinski definition) is 7.